The van der Waals surface area contributed by atoms with Crippen LogP contribution in [0.5, 0.6) is 0 Å². The molecule has 2 N–H and O–H groups in total. The molecule has 0 heterocycles. The Hall–Kier alpha value is -1.73. The molecule has 0 atom stereocenters. The van der Waals surface area contributed by atoms with E-state index in [2.05, 4.69) is 0 Å². The molecule has 0 radical (unpaired) electrons. The average Bonchev–Trinajstić information content (AvgIpc) is 2.08. The van der Waals surface area contributed by atoms with Crippen molar-refractivity contribution in [1.29, 1.82) is 0 Å². The van der Waals surface area contributed by atoms with Crippen LogP contribution in [0, 0.1) is 0 Å². The van der Waals surface area contributed by atoms with Gasteiger partial charge in [-0.05, 0) is 16.7 Å². The summed E-state index contributed by atoms with van der Waals surface area (Å²) in [5.41, 5.74) is 4.29. The van der Waals surface area contributed by atoms with Crippen LogP contribution in [-0.4, -0.2) is 18.3 Å². The van der Waals surface area contributed by atoms with Crippen LogP contribution < -0.4 is 5.73 Å². The van der Waals surface area contributed by atoms with Crippen molar-refractivity contribution in [3.63, 3.8) is 0 Å². The van der Waals surface area contributed by atoms with E-state index in [4.69, 9.17) is 5.73 Å². The molecular formula is C12H11F6NO. The van der Waals surface area contributed by atoms with Crippen LogP contribution in [-0.2, 0) is 24.1 Å². The van der Waals surface area contributed by atoms with Gasteiger partial charge in [0.15, 0.2) is 0 Å². The van der Waals surface area contributed by atoms with E-state index < -0.39 is 37.5 Å². The fourth-order valence-electron chi connectivity index (χ4n) is 1.81. The predicted octanol–water partition coefficient (Wildman–Crippen LogP) is 2.92. The van der Waals surface area contributed by atoms with E-state index in [1.54, 1.807) is 0 Å². The van der Waals surface area contributed by atoms with E-state index >= 15 is 0 Å². The lowest BCUT2D eigenvalue weighted by atomic mass is 9.99. The first-order chi connectivity index (χ1) is 8.94. The van der Waals surface area contributed by atoms with Gasteiger partial charge in [0.05, 0.1) is 19.3 Å². The smallest absolute Gasteiger partial charge is 0.369 e. The summed E-state index contributed by atoms with van der Waals surface area (Å²) < 4.78 is 73.7. The minimum atomic E-state index is -4.54. The Morgan fingerprint density at radius 2 is 1.20 bits per heavy atom. The van der Waals surface area contributed by atoms with Crippen molar-refractivity contribution in [2.24, 2.45) is 5.73 Å². The Kier molecular flexibility index (Phi) is 4.67. The van der Waals surface area contributed by atoms with E-state index in [0.29, 0.717) is 0 Å². The summed E-state index contributed by atoms with van der Waals surface area (Å²) in [4.78, 5) is 10.7. The fourth-order valence-corrected chi connectivity index (χ4v) is 1.81. The maximum absolute atomic E-state index is 12.3. The van der Waals surface area contributed by atoms with Crippen LogP contribution >= 0.6 is 0 Å². The molecule has 2 nitrogen and oxygen atoms in total. The summed E-state index contributed by atoms with van der Waals surface area (Å²) in [6.45, 7) is 0. The van der Waals surface area contributed by atoms with Crippen molar-refractivity contribution in [3.8, 4) is 0 Å². The SMILES string of the molecule is NC(=O)Cc1cc(CC(F)(F)F)cc(CC(F)(F)F)c1. The number of hydrogen-bond donors (Lipinski definition) is 1. The van der Waals surface area contributed by atoms with E-state index in [0.717, 1.165) is 18.2 Å². The molecule has 0 fully saturated rings. The zero-order chi connectivity index (χ0) is 15.6. The Bertz CT molecular complexity index is 457. The summed E-state index contributed by atoms with van der Waals surface area (Å²) in [6.07, 6.45) is -12.2. The highest BCUT2D eigenvalue weighted by Crippen LogP contribution is 2.26. The minimum absolute atomic E-state index is 0.0403. The number of amides is 1. The lowest BCUT2D eigenvalue weighted by molar-refractivity contribution is -0.127. The van der Waals surface area contributed by atoms with Gasteiger partial charge in [0.25, 0.3) is 0 Å². The molecule has 20 heavy (non-hydrogen) atoms. The highest BCUT2D eigenvalue weighted by Gasteiger charge is 2.30. The highest BCUT2D eigenvalue weighted by molar-refractivity contribution is 5.76. The normalized spacial score (nSPS) is 12.5. The van der Waals surface area contributed by atoms with Gasteiger partial charge >= 0.3 is 12.4 Å². The quantitative estimate of drug-likeness (QED) is 0.854. The maximum atomic E-state index is 12.3. The number of rotatable bonds is 4. The van der Waals surface area contributed by atoms with E-state index in [1.807, 2.05) is 0 Å². The third-order valence-electron chi connectivity index (χ3n) is 2.30. The third kappa shape index (κ3) is 6.44. The summed E-state index contributed by atoms with van der Waals surface area (Å²) in [6, 6.07) is 2.92. The molecule has 1 rings (SSSR count). The first kappa shape index (κ1) is 16.3. The van der Waals surface area contributed by atoms with Gasteiger partial charge in [-0.25, -0.2) is 0 Å². The van der Waals surface area contributed by atoms with Crippen LogP contribution in [0.1, 0.15) is 16.7 Å². The Balaban J connectivity index is 3.10. The molecule has 1 amide bonds. The molecule has 0 spiro atoms. The number of hydrogen-bond acceptors (Lipinski definition) is 1. The number of carbonyl (C=O) groups excluding carboxylic acids is 1. The zero-order valence-electron chi connectivity index (χ0n) is 10.1. The summed E-state index contributed by atoms with van der Waals surface area (Å²) in [5, 5.41) is 0. The van der Waals surface area contributed by atoms with E-state index in [1.165, 1.54) is 0 Å². The summed E-state index contributed by atoms with van der Waals surface area (Å²) >= 11 is 0. The van der Waals surface area contributed by atoms with Gasteiger partial charge in [-0.1, -0.05) is 18.2 Å². The van der Waals surface area contributed by atoms with Gasteiger partial charge in [0, 0.05) is 0 Å². The standard InChI is InChI=1S/C12H11F6NO/c13-11(14,15)5-8-1-7(4-10(19)20)2-9(3-8)6-12(16,17)18/h1-3H,4-6H2,(H2,19,20). The van der Waals surface area contributed by atoms with Gasteiger partial charge in [-0.2, -0.15) is 26.3 Å². The number of carbonyl (C=O) groups is 1. The fraction of sp³-hybridized carbons (Fsp3) is 0.417. The summed E-state index contributed by atoms with van der Waals surface area (Å²) in [5.74, 6) is -0.827. The monoisotopic (exact) mass is 299 g/mol. The van der Waals surface area contributed by atoms with Crippen molar-refractivity contribution < 1.29 is 31.1 Å². The van der Waals surface area contributed by atoms with Crippen molar-refractivity contribution >= 4 is 5.91 Å². The molecule has 0 aliphatic carbocycles. The molecule has 0 aliphatic rings. The largest absolute Gasteiger partial charge is 0.393 e. The first-order valence-electron chi connectivity index (χ1n) is 5.48. The lowest BCUT2D eigenvalue weighted by Gasteiger charge is -2.12. The number of halogens is 6. The Morgan fingerprint density at radius 3 is 1.50 bits per heavy atom. The Labute approximate surface area is 110 Å². The van der Waals surface area contributed by atoms with Crippen molar-refractivity contribution in [2.75, 3.05) is 0 Å². The first-order valence-corrected chi connectivity index (χ1v) is 5.48. The average molecular weight is 299 g/mol. The van der Waals surface area contributed by atoms with Crippen molar-refractivity contribution in [3.05, 3.63) is 34.9 Å². The molecule has 0 unspecified atom stereocenters. The number of nitrogens with two attached hydrogens (primary N) is 1. The van der Waals surface area contributed by atoms with E-state index in [-0.39, 0.29) is 16.7 Å². The molecule has 1 aromatic carbocycles. The van der Waals surface area contributed by atoms with Gasteiger partial charge in [0.2, 0.25) is 5.91 Å². The lowest BCUT2D eigenvalue weighted by Crippen LogP contribution is -2.17. The topological polar surface area (TPSA) is 43.1 Å². The second kappa shape index (κ2) is 5.72. The van der Waals surface area contributed by atoms with Crippen LogP contribution in [0.15, 0.2) is 18.2 Å². The third-order valence-corrected chi connectivity index (χ3v) is 2.30. The van der Waals surface area contributed by atoms with Crippen molar-refractivity contribution in [2.45, 2.75) is 31.6 Å². The number of benzene rings is 1. The van der Waals surface area contributed by atoms with Gasteiger partial charge < -0.3 is 5.73 Å². The molecule has 0 saturated heterocycles. The van der Waals surface area contributed by atoms with Crippen molar-refractivity contribution in [1.82, 2.24) is 0 Å². The molecule has 0 aliphatic heterocycles. The van der Waals surface area contributed by atoms with Gasteiger partial charge in [-0.15, -0.1) is 0 Å². The number of alkyl halides is 6. The van der Waals surface area contributed by atoms with E-state index in [9.17, 15) is 31.1 Å². The van der Waals surface area contributed by atoms with Crippen LogP contribution in [0.25, 0.3) is 0 Å². The van der Waals surface area contributed by atoms with Crippen LogP contribution in [0.3, 0.4) is 0 Å². The molecule has 0 bridgehead atoms. The van der Waals surface area contributed by atoms with Crippen LogP contribution in [0.4, 0.5) is 26.3 Å². The zero-order valence-corrected chi connectivity index (χ0v) is 10.1. The Morgan fingerprint density at radius 1 is 0.850 bits per heavy atom. The van der Waals surface area contributed by atoms with Gasteiger partial charge in [0.1, 0.15) is 0 Å². The second-order valence-electron chi connectivity index (χ2n) is 4.38. The maximum Gasteiger partial charge on any atom is 0.393 e. The van der Waals surface area contributed by atoms with Gasteiger partial charge in [-0.3, -0.25) is 4.79 Å². The number of primary amides is 1. The molecular weight excluding hydrogens is 288 g/mol. The molecule has 112 valence electrons. The predicted molar refractivity (Wildman–Crippen MR) is 58.9 cm³/mol. The second-order valence-corrected chi connectivity index (χ2v) is 4.38. The molecule has 0 saturated carbocycles. The molecule has 8 heteroatoms. The summed E-state index contributed by atoms with van der Waals surface area (Å²) in [7, 11) is 0. The highest BCUT2D eigenvalue weighted by atomic mass is 19.4. The molecule has 1 aromatic rings. The minimum Gasteiger partial charge on any atom is -0.369 e. The molecule has 0 aromatic heterocycles. The van der Waals surface area contributed by atoms with Crippen LogP contribution in [0.2, 0.25) is 0 Å².